The number of benzene rings is 2. The van der Waals surface area contributed by atoms with E-state index in [-0.39, 0.29) is 12.8 Å². The molecule has 0 fully saturated rings. The molecule has 0 spiro atoms. The molecule has 116 valence electrons. The Labute approximate surface area is 139 Å². The van der Waals surface area contributed by atoms with Gasteiger partial charge in [-0.2, -0.15) is 0 Å². The summed E-state index contributed by atoms with van der Waals surface area (Å²) < 4.78 is 6.59. The van der Waals surface area contributed by atoms with Gasteiger partial charge < -0.3 is 15.4 Å². The highest BCUT2D eigenvalue weighted by Crippen LogP contribution is 2.19. The zero-order chi connectivity index (χ0) is 15.9. The molecule has 0 aliphatic carbocycles. The molecule has 0 unspecified atom stereocenters. The van der Waals surface area contributed by atoms with Crippen LogP contribution >= 0.6 is 15.9 Å². The number of carbonyl (C=O) groups excluding carboxylic acids is 1. The van der Waals surface area contributed by atoms with Crippen molar-refractivity contribution in [3.8, 4) is 5.75 Å². The standard InChI is InChI=1S/C17H19BrN2O2/c1-12-4-3-5-16(13(12)2)22-11-20-17(21)19-10-14-6-8-15(18)9-7-14/h3-9H,10-11H2,1-2H3,(H2,19,20,21). The SMILES string of the molecule is Cc1cccc(OCNC(=O)NCc2ccc(Br)cc2)c1C. The van der Waals surface area contributed by atoms with Crippen molar-refractivity contribution >= 4 is 22.0 Å². The van der Waals surface area contributed by atoms with Crippen LogP contribution in [0.5, 0.6) is 5.75 Å². The Morgan fingerprint density at radius 3 is 2.55 bits per heavy atom. The van der Waals surface area contributed by atoms with Gasteiger partial charge in [-0.05, 0) is 48.7 Å². The maximum Gasteiger partial charge on any atom is 0.317 e. The average Bonchev–Trinajstić information content (AvgIpc) is 2.51. The highest BCUT2D eigenvalue weighted by molar-refractivity contribution is 9.10. The van der Waals surface area contributed by atoms with Crippen LogP contribution in [0.3, 0.4) is 0 Å². The van der Waals surface area contributed by atoms with Crippen molar-refractivity contribution in [2.75, 3.05) is 6.73 Å². The zero-order valence-corrected chi connectivity index (χ0v) is 14.2. The Balaban J connectivity index is 1.74. The summed E-state index contributed by atoms with van der Waals surface area (Å²) in [4.78, 5) is 11.7. The molecule has 0 aromatic heterocycles. The minimum atomic E-state index is -0.256. The van der Waals surface area contributed by atoms with E-state index in [2.05, 4.69) is 26.6 Å². The predicted molar refractivity (Wildman–Crippen MR) is 90.9 cm³/mol. The van der Waals surface area contributed by atoms with Crippen LogP contribution in [0.1, 0.15) is 16.7 Å². The van der Waals surface area contributed by atoms with Crippen LogP contribution in [-0.4, -0.2) is 12.8 Å². The molecular weight excluding hydrogens is 344 g/mol. The lowest BCUT2D eigenvalue weighted by Crippen LogP contribution is -2.37. The van der Waals surface area contributed by atoms with E-state index in [1.54, 1.807) is 0 Å². The zero-order valence-electron chi connectivity index (χ0n) is 12.7. The Kier molecular flexibility index (Phi) is 5.83. The van der Waals surface area contributed by atoms with E-state index in [1.165, 1.54) is 0 Å². The van der Waals surface area contributed by atoms with Crippen molar-refractivity contribution in [2.45, 2.75) is 20.4 Å². The van der Waals surface area contributed by atoms with Crippen molar-refractivity contribution in [1.82, 2.24) is 10.6 Å². The summed E-state index contributed by atoms with van der Waals surface area (Å²) in [6, 6.07) is 13.4. The monoisotopic (exact) mass is 362 g/mol. The summed E-state index contributed by atoms with van der Waals surface area (Å²) in [7, 11) is 0. The normalized spacial score (nSPS) is 10.1. The molecule has 0 bridgehead atoms. The molecule has 0 saturated heterocycles. The maximum atomic E-state index is 11.7. The summed E-state index contributed by atoms with van der Waals surface area (Å²) in [5, 5.41) is 5.46. The van der Waals surface area contributed by atoms with Crippen LogP contribution in [0.25, 0.3) is 0 Å². The second kappa shape index (κ2) is 7.84. The van der Waals surface area contributed by atoms with Gasteiger partial charge in [-0.3, -0.25) is 0 Å². The molecule has 0 saturated carbocycles. The molecule has 0 aliphatic heterocycles. The lowest BCUT2D eigenvalue weighted by atomic mass is 10.1. The summed E-state index contributed by atoms with van der Waals surface area (Å²) in [5.74, 6) is 0.785. The number of nitrogens with one attached hydrogen (secondary N) is 2. The topological polar surface area (TPSA) is 50.4 Å². The highest BCUT2D eigenvalue weighted by Gasteiger charge is 2.03. The Morgan fingerprint density at radius 2 is 1.82 bits per heavy atom. The Bertz CT molecular complexity index is 642. The summed E-state index contributed by atoms with van der Waals surface area (Å²) in [6.07, 6.45) is 0. The van der Waals surface area contributed by atoms with Crippen molar-refractivity contribution in [2.24, 2.45) is 0 Å². The smallest absolute Gasteiger partial charge is 0.317 e. The lowest BCUT2D eigenvalue weighted by Gasteiger charge is -2.12. The quantitative estimate of drug-likeness (QED) is 0.792. The van der Waals surface area contributed by atoms with E-state index in [4.69, 9.17) is 4.74 Å². The first kappa shape index (κ1) is 16.4. The number of urea groups is 1. The number of halogens is 1. The third-order valence-corrected chi connectivity index (χ3v) is 3.91. The van der Waals surface area contributed by atoms with Gasteiger partial charge in [-0.15, -0.1) is 0 Å². The van der Waals surface area contributed by atoms with Crippen LogP contribution < -0.4 is 15.4 Å². The van der Waals surface area contributed by atoms with Gasteiger partial charge in [0.1, 0.15) is 5.75 Å². The fourth-order valence-electron chi connectivity index (χ4n) is 1.91. The largest absolute Gasteiger partial charge is 0.473 e. The van der Waals surface area contributed by atoms with E-state index in [1.807, 2.05) is 56.3 Å². The van der Waals surface area contributed by atoms with Gasteiger partial charge >= 0.3 is 6.03 Å². The van der Waals surface area contributed by atoms with Crippen molar-refractivity contribution < 1.29 is 9.53 Å². The third-order valence-electron chi connectivity index (χ3n) is 3.38. The number of carbonyl (C=O) groups is 1. The molecule has 22 heavy (non-hydrogen) atoms. The first-order chi connectivity index (χ1) is 10.6. The van der Waals surface area contributed by atoms with Crippen molar-refractivity contribution in [3.05, 3.63) is 63.6 Å². The fraction of sp³-hybridized carbons (Fsp3) is 0.235. The molecule has 5 heteroatoms. The molecule has 2 aromatic rings. The van der Waals surface area contributed by atoms with Gasteiger partial charge in [-0.1, -0.05) is 40.2 Å². The number of aryl methyl sites for hydroxylation is 1. The fourth-order valence-corrected chi connectivity index (χ4v) is 2.17. The molecule has 2 amide bonds. The number of hydrogen-bond acceptors (Lipinski definition) is 2. The summed E-state index contributed by atoms with van der Waals surface area (Å²) >= 11 is 3.38. The number of amides is 2. The first-order valence-electron chi connectivity index (χ1n) is 7.01. The van der Waals surface area contributed by atoms with Crippen LogP contribution in [-0.2, 0) is 6.54 Å². The second-order valence-electron chi connectivity index (χ2n) is 4.97. The van der Waals surface area contributed by atoms with Gasteiger partial charge in [0, 0.05) is 11.0 Å². The predicted octanol–water partition coefficient (Wildman–Crippen LogP) is 3.90. The number of rotatable bonds is 5. The second-order valence-corrected chi connectivity index (χ2v) is 5.89. The molecule has 0 aliphatic rings. The molecule has 2 N–H and O–H groups in total. The Hall–Kier alpha value is -2.01. The van der Waals surface area contributed by atoms with E-state index >= 15 is 0 Å². The van der Waals surface area contributed by atoms with Crippen LogP contribution in [0.15, 0.2) is 46.9 Å². The van der Waals surface area contributed by atoms with Crippen LogP contribution in [0, 0.1) is 13.8 Å². The minimum Gasteiger partial charge on any atom is -0.473 e. The van der Waals surface area contributed by atoms with E-state index in [9.17, 15) is 4.79 Å². The molecular formula is C17H19BrN2O2. The first-order valence-corrected chi connectivity index (χ1v) is 7.80. The lowest BCUT2D eigenvalue weighted by molar-refractivity contribution is 0.223. The molecule has 4 nitrogen and oxygen atoms in total. The highest BCUT2D eigenvalue weighted by atomic mass is 79.9. The Morgan fingerprint density at radius 1 is 1.09 bits per heavy atom. The minimum absolute atomic E-state index is 0.135. The molecule has 0 atom stereocenters. The molecule has 2 aromatic carbocycles. The van der Waals surface area contributed by atoms with Crippen LogP contribution in [0.2, 0.25) is 0 Å². The number of hydrogen-bond donors (Lipinski definition) is 2. The summed E-state index contributed by atoms with van der Waals surface area (Å²) in [6.45, 7) is 4.64. The van der Waals surface area contributed by atoms with Crippen molar-refractivity contribution in [1.29, 1.82) is 0 Å². The molecule has 0 heterocycles. The third kappa shape index (κ3) is 4.77. The van der Waals surface area contributed by atoms with Gasteiger partial charge in [-0.25, -0.2) is 4.79 Å². The van der Waals surface area contributed by atoms with E-state index in [0.717, 1.165) is 26.9 Å². The van der Waals surface area contributed by atoms with E-state index in [0.29, 0.717) is 6.54 Å². The van der Waals surface area contributed by atoms with Crippen molar-refractivity contribution in [3.63, 3.8) is 0 Å². The van der Waals surface area contributed by atoms with Gasteiger partial charge in [0.05, 0.1) is 0 Å². The van der Waals surface area contributed by atoms with Crippen LogP contribution in [0.4, 0.5) is 4.79 Å². The van der Waals surface area contributed by atoms with E-state index < -0.39 is 0 Å². The maximum absolute atomic E-state index is 11.7. The van der Waals surface area contributed by atoms with Gasteiger partial charge in [0.15, 0.2) is 6.73 Å². The number of ether oxygens (including phenoxy) is 1. The molecule has 2 rings (SSSR count). The average molecular weight is 363 g/mol. The van der Waals surface area contributed by atoms with Gasteiger partial charge in [0.25, 0.3) is 0 Å². The summed E-state index contributed by atoms with van der Waals surface area (Å²) in [5.41, 5.74) is 3.28. The molecule has 0 radical (unpaired) electrons. The van der Waals surface area contributed by atoms with Gasteiger partial charge in [0.2, 0.25) is 0 Å².